The molecule has 59 heavy (non-hydrogen) atoms. The third-order valence-electron chi connectivity index (χ3n) is 9.38. The van der Waals surface area contributed by atoms with Gasteiger partial charge in [-0.15, -0.1) is 0 Å². The average Bonchev–Trinajstić information content (AvgIpc) is 3.83. The van der Waals surface area contributed by atoms with Crippen LogP contribution in [0.5, 0.6) is 5.88 Å². The summed E-state index contributed by atoms with van der Waals surface area (Å²) in [6, 6.07) is 6.36. The van der Waals surface area contributed by atoms with Crippen LogP contribution in [0, 0.1) is 11.3 Å². The van der Waals surface area contributed by atoms with E-state index in [0.29, 0.717) is 38.8 Å². The van der Waals surface area contributed by atoms with Gasteiger partial charge in [0.05, 0.1) is 24.4 Å². The monoisotopic (exact) mass is 849 g/mol. The highest BCUT2D eigenvalue weighted by molar-refractivity contribution is 5.94. The summed E-state index contributed by atoms with van der Waals surface area (Å²) in [5.74, 6) is -6.31. The standard InChI is InChI=1S/C31H34F3N9O2.2C2HF3O2/c1-3-19(2)40-29(44)20-12-25(31(32,33)34)41-26(13-20)45-23-6-4-22(5-7-23)42-16-30(17-42,9-10-35)43-15-21(14-39-43)27-24-8-11-36-28(24)38-18-37-27;2*3-2(4,5)1(6)7/h8,11-15,18-19,22-23H,3-7,9,16-17H2,1-2H3,(H,40,44)(H,36,37,38);2*(H,6,7)/t19?,22-,23+;;. The number of aromatic amines is 1. The molecule has 4 aromatic rings. The Balaban J connectivity index is 0.000000471. The highest BCUT2D eigenvalue weighted by Crippen LogP contribution is 2.39. The third-order valence-corrected chi connectivity index (χ3v) is 9.38. The van der Waals surface area contributed by atoms with E-state index in [9.17, 15) is 49.6 Å². The SMILES string of the molecule is CCC(C)NC(=O)c1cc(O[C@H]2CC[C@@H](N3CC(CC#N)(n4cc(-c5ncnc6[nH]ccc56)cn4)C3)CC2)nc(C(F)(F)F)c1.O=C(O)C(F)(F)F.O=C(O)C(F)(F)F. The number of nitrogens with one attached hydrogen (secondary N) is 2. The highest BCUT2D eigenvalue weighted by atomic mass is 19.4. The number of alkyl halides is 9. The summed E-state index contributed by atoms with van der Waals surface area (Å²) in [5.41, 5.74) is 0.613. The van der Waals surface area contributed by atoms with Crippen LogP contribution in [0.4, 0.5) is 39.5 Å². The van der Waals surface area contributed by atoms with E-state index < -0.39 is 47.6 Å². The van der Waals surface area contributed by atoms with Gasteiger partial charge in [0.15, 0.2) is 0 Å². The summed E-state index contributed by atoms with van der Waals surface area (Å²) in [6.07, 6.45) is -4.40. The maximum absolute atomic E-state index is 13.6. The fourth-order valence-corrected chi connectivity index (χ4v) is 6.21. The normalized spacial score (nSPS) is 18.5. The zero-order valence-electron chi connectivity index (χ0n) is 31.0. The summed E-state index contributed by atoms with van der Waals surface area (Å²) in [7, 11) is 0. The van der Waals surface area contributed by atoms with Gasteiger partial charge in [0, 0.05) is 60.1 Å². The number of carboxylic acids is 2. The van der Waals surface area contributed by atoms with Gasteiger partial charge in [0.25, 0.3) is 5.91 Å². The van der Waals surface area contributed by atoms with E-state index >= 15 is 0 Å². The number of aromatic nitrogens is 6. The van der Waals surface area contributed by atoms with E-state index in [2.05, 4.69) is 41.3 Å². The summed E-state index contributed by atoms with van der Waals surface area (Å²) in [4.78, 5) is 48.2. The number of nitrogens with zero attached hydrogens (tertiary/aromatic N) is 7. The minimum atomic E-state index is -5.08. The molecular weight excluding hydrogens is 813 g/mol. The Morgan fingerprint density at radius 2 is 1.63 bits per heavy atom. The molecular formula is C35H36F9N9O6. The van der Waals surface area contributed by atoms with Crippen LogP contribution in [0.15, 0.2) is 43.1 Å². The summed E-state index contributed by atoms with van der Waals surface area (Å²) in [6.45, 7) is 4.98. The minimum absolute atomic E-state index is 0.130. The van der Waals surface area contributed by atoms with Gasteiger partial charge in [-0.05, 0) is 51.2 Å². The molecule has 0 bridgehead atoms. The van der Waals surface area contributed by atoms with Crippen LogP contribution in [0.2, 0.25) is 0 Å². The number of H-pyrrole nitrogens is 1. The van der Waals surface area contributed by atoms with Crippen LogP contribution in [0.1, 0.15) is 68.4 Å². The molecule has 1 saturated carbocycles. The third kappa shape index (κ3) is 11.8. The molecule has 1 aliphatic heterocycles. The molecule has 1 aliphatic carbocycles. The fraction of sp³-hybridized carbons (Fsp3) is 0.486. The zero-order valence-corrected chi connectivity index (χ0v) is 31.0. The van der Waals surface area contributed by atoms with Gasteiger partial charge in [0.1, 0.15) is 29.3 Å². The van der Waals surface area contributed by atoms with Gasteiger partial charge >= 0.3 is 30.5 Å². The van der Waals surface area contributed by atoms with E-state index in [4.69, 9.17) is 24.5 Å². The lowest BCUT2D eigenvalue weighted by atomic mass is 9.82. The first-order valence-electron chi connectivity index (χ1n) is 17.6. The molecule has 4 N–H and O–H groups in total. The number of rotatable bonds is 9. The summed E-state index contributed by atoms with van der Waals surface area (Å²) in [5, 5.41) is 32.1. The van der Waals surface area contributed by atoms with Gasteiger partial charge in [0.2, 0.25) is 5.88 Å². The number of halogens is 9. The maximum Gasteiger partial charge on any atom is 0.490 e. The molecule has 0 spiro atoms. The molecule has 0 radical (unpaired) electrons. The minimum Gasteiger partial charge on any atom is -0.475 e. The molecule has 320 valence electrons. The van der Waals surface area contributed by atoms with Crippen molar-refractivity contribution >= 4 is 28.9 Å². The van der Waals surface area contributed by atoms with E-state index in [1.165, 1.54) is 12.4 Å². The van der Waals surface area contributed by atoms with Crippen LogP contribution in [-0.2, 0) is 21.3 Å². The number of likely N-dealkylation sites (tertiary alicyclic amines) is 1. The van der Waals surface area contributed by atoms with Gasteiger partial charge in [-0.25, -0.2) is 24.5 Å². The molecule has 2 aliphatic rings. The summed E-state index contributed by atoms with van der Waals surface area (Å²) >= 11 is 0. The number of ether oxygens (including phenoxy) is 1. The molecule has 5 heterocycles. The van der Waals surface area contributed by atoms with Gasteiger partial charge < -0.3 is 25.3 Å². The summed E-state index contributed by atoms with van der Waals surface area (Å²) < 4.78 is 112. The fourth-order valence-electron chi connectivity index (χ4n) is 6.21. The highest BCUT2D eigenvalue weighted by Gasteiger charge is 2.48. The van der Waals surface area contributed by atoms with Gasteiger partial charge in [-0.2, -0.15) is 49.9 Å². The number of hydrogen-bond acceptors (Lipinski definition) is 10. The van der Waals surface area contributed by atoms with Crippen molar-refractivity contribution in [2.24, 2.45) is 0 Å². The van der Waals surface area contributed by atoms with E-state index in [1.807, 2.05) is 30.1 Å². The maximum atomic E-state index is 13.6. The van der Waals surface area contributed by atoms with Crippen LogP contribution < -0.4 is 10.1 Å². The predicted octanol–water partition coefficient (Wildman–Crippen LogP) is 6.34. The number of carbonyl (C=O) groups excluding carboxylic acids is 1. The Hall–Kier alpha value is -5.99. The molecule has 1 atom stereocenters. The topological polar surface area (TPSA) is 212 Å². The van der Waals surface area contributed by atoms with Crippen molar-refractivity contribution in [3.8, 4) is 23.2 Å². The zero-order chi connectivity index (χ0) is 43.9. The number of aliphatic carboxylic acids is 2. The molecule has 0 aromatic carbocycles. The molecule has 1 unspecified atom stereocenters. The van der Waals surface area contributed by atoms with Crippen LogP contribution in [0.25, 0.3) is 22.3 Å². The first-order chi connectivity index (χ1) is 27.5. The van der Waals surface area contributed by atoms with Crippen molar-refractivity contribution in [1.82, 2.24) is 39.9 Å². The van der Waals surface area contributed by atoms with Crippen molar-refractivity contribution in [1.29, 1.82) is 5.26 Å². The van der Waals surface area contributed by atoms with Gasteiger partial charge in [-0.3, -0.25) is 14.4 Å². The van der Waals surface area contributed by atoms with Crippen LogP contribution in [0.3, 0.4) is 0 Å². The van der Waals surface area contributed by atoms with Crippen molar-refractivity contribution in [3.63, 3.8) is 0 Å². The number of pyridine rings is 1. The van der Waals surface area contributed by atoms with Crippen molar-refractivity contribution < 1.29 is 68.8 Å². The number of amides is 1. The molecule has 6 rings (SSSR count). The Labute approximate surface area is 328 Å². The number of carboxylic acid groups (broad SMARTS) is 2. The van der Waals surface area contributed by atoms with Gasteiger partial charge in [-0.1, -0.05) is 6.92 Å². The lowest BCUT2D eigenvalue weighted by Gasteiger charge is -2.53. The number of hydrogen-bond donors (Lipinski definition) is 4. The second kappa shape index (κ2) is 18.3. The van der Waals surface area contributed by atoms with Crippen molar-refractivity contribution in [2.45, 2.75) is 94.6 Å². The average molecular weight is 850 g/mol. The Kier molecular flexibility index (Phi) is 14.2. The first kappa shape index (κ1) is 45.7. The Morgan fingerprint density at radius 3 is 2.17 bits per heavy atom. The smallest absolute Gasteiger partial charge is 0.475 e. The quantitative estimate of drug-likeness (QED) is 0.136. The molecule has 15 nitrogen and oxygen atoms in total. The predicted molar refractivity (Wildman–Crippen MR) is 185 cm³/mol. The number of nitriles is 1. The molecule has 4 aromatic heterocycles. The van der Waals surface area contributed by atoms with Crippen molar-refractivity contribution in [3.05, 3.63) is 54.4 Å². The number of carbonyl (C=O) groups is 3. The first-order valence-corrected chi connectivity index (χ1v) is 17.6. The largest absolute Gasteiger partial charge is 0.490 e. The number of fused-ring (bicyclic) bond motifs is 1. The molecule has 1 saturated heterocycles. The second-order valence-electron chi connectivity index (χ2n) is 13.6. The molecule has 24 heteroatoms. The van der Waals surface area contributed by atoms with Crippen molar-refractivity contribution in [2.75, 3.05) is 13.1 Å². The Bertz CT molecular complexity index is 2110. The lowest BCUT2D eigenvalue weighted by molar-refractivity contribution is -0.193. The Morgan fingerprint density at radius 1 is 1.02 bits per heavy atom. The van der Waals surface area contributed by atoms with Crippen LogP contribution >= 0.6 is 0 Å². The molecule has 1 amide bonds. The van der Waals surface area contributed by atoms with E-state index in [0.717, 1.165) is 41.2 Å². The van der Waals surface area contributed by atoms with E-state index in [1.54, 1.807) is 13.1 Å². The second-order valence-corrected chi connectivity index (χ2v) is 13.6. The van der Waals surface area contributed by atoms with Crippen LogP contribution in [-0.4, -0.2) is 106 Å². The molecule has 2 fully saturated rings. The lowest BCUT2D eigenvalue weighted by Crippen LogP contribution is -2.65. The van der Waals surface area contributed by atoms with E-state index in [-0.39, 0.29) is 29.6 Å².